The van der Waals surface area contributed by atoms with Crippen molar-refractivity contribution >= 4 is 21.6 Å². The minimum Gasteiger partial charge on any atom is -0.350 e. The summed E-state index contributed by atoms with van der Waals surface area (Å²) in [5.74, 6) is -0.813. The largest absolute Gasteiger partial charge is 0.350 e. The fourth-order valence-corrected chi connectivity index (χ4v) is 4.08. The fourth-order valence-electron chi connectivity index (χ4n) is 2.88. The van der Waals surface area contributed by atoms with Gasteiger partial charge in [-0.1, -0.05) is 25.1 Å². The number of carbonyl (C=O) groups excluding carboxylic acids is 1. The first-order valence-corrected chi connectivity index (χ1v) is 10.6. The van der Waals surface area contributed by atoms with Crippen LogP contribution in [-0.2, 0) is 21.4 Å². The monoisotopic (exact) mass is 392 g/mol. The summed E-state index contributed by atoms with van der Waals surface area (Å²) in [4.78, 5) is 12.7. The number of aryl methyl sites for hydroxylation is 2. The van der Waals surface area contributed by atoms with Crippen LogP contribution in [-0.4, -0.2) is 26.6 Å². The molecule has 7 heteroatoms. The number of sulfonamides is 1. The van der Waals surface area contributed by atoms with Crippen molar-refractivity contribution in [1.82, 2.24) is 5.32 Å². The van der Waals surface area contributed by atoms with Crippen LogP contribution in [0, 0.1) is 19.7 Å². The number of halogens is 1. The highest BCUT2D eigenvalue weighted by Crippen LogP contribution is 2.25. The summed E-state index contributed by atoms with van der Waals surface area (Å²) >= 11 is 0. The quantitative estimate of drug-likeness (QED) is 0.786. The molecule has 1 N–H and O–H groups in total. The Hall–Kier alpha value is -2.41. The lowest BCUT2D eigenvalue weighted by molar-refractivity contribution is -0.122. The van der Waals surface area contributed by atoms with Crippen molar-refractivity contribution in [1.29, 1.82) is 0 Å². The van der Waals surface area contributed by atoms with E-state index in [-0.39, 0.29) is 12.4 Å². The average molecular weight is 392 g/mol. The summed E-state index contributed by atoms with van der Waals surface area (Å²) in [7, 11) is -3.68. The van der Waals surface area contributed by atoms with Gasteiger partial charge in [0.1, 0.15) is 11.9 Å². The van der Waals surface area contributed by atoms with E-state index in [1.165, 1.54) is 12.1 Å². The molecule has 0 spiro atoms. The second-order valence-corrected chi connectivity index (χ2v) is 8.46. The Bertz CT molecular complexity index is 929. The van der Waals surface area contributed by atoms with Crippen molar-refractivity contribution in [3.8, 4) is 0 Å². The molecule has 1 amide bonds. The molecule has 2 aromatic carbocycles. The van der Waals surface area contributed by atoms with Gasteiger partial charge in [-0.3, -0.25) is 9.10 Å². The zero-order valence-electron chi connectivity index (χ0n) is 16.0. The third-order valence-corrected chi connectivity index (χ3v) is 5.61. The first-order valence-electron chi connectivity index (χ1n) is 8.72. The SMILES string of the molecule is CCC(C(=O)NCc1cccc(F)c1)N(c1ccc(C)c(C)c1)S(C)(=O)=O. The molecule has 0 aliphatic carbocycles. The number of benzene rings is 2. The van der Waals surface area contributed by atoms with Gasteiger partial charge in [0, 0.05) is 6.54 Å². The van der Waals surface area contributed by atoms with Crippen molar-refractivity contribution in [2.24, 2.45) is 0 Å². The van der Waals surface area contributed by atoms with Gasteiger partial charge < -0.3 is 5.32 Å². The van der Waals surface area contributed by atoms with Crippen LogP contribution in [0.5, 0.6) is 0 Å². The van der Waals surface area contributed by atoms with E-state index in [0.717, 1.165) is 21.7 Å². The smallest absolute Gasteiger partial charge is 0.244 e. The van der Waals surface area contributed by atoms with Crippen molar-refractivity contribution in [2.75, 3.05) is 10.6 Å². The summed E-state index contributed by atoms with van der Waals surface area (Å²) < 4.78 is 39.3. The number of nitrogens with one attached hydrogen (secondary N) is 1. The van der Waals surface area contributed by atoms with E-state index in [4.69, 9.17) is 0 Å². The molecule has 0 aliphatic rings. The molecule has 1 atom stereocenters. The lowest BCUT2D eigenvalue weighted by Crippen LogP contribution is -2.49. The number of nitrogens with zero attached hydrogens (tertiary/aromatic N) is 1. The predicted molar refractivity (Wildman–Crippen MR) is 106 cm³/mol. The van der Waals surface area contributed by atoms with E-state index in [1.807, 2.05) is 19.9 Å². The number of anilines is 1. The highest BCUT2D eigenvalue weighted by atomic mass is 32.2. The molecule has 0 heterocycles. The Balaban J connectivity index is 2.28. The fraction of sp³-hybridized carbons (Fsp3) is 0.350. The molecule has 5 nitrogen and oxygen atoms in total. The molecule has 146 valence electrons. The molecule has 0 bridgehead atoms. The summed E-state index contributed by atoms with van der Waals surface area (Å²) in [5, 5.41) is 2.71. The van der Waals surface area contributed by atoms with Crippen LogP contribution in [0.3, 0.4) is 0 Å². The van der Waals surface area contributed by atoms with Gasteiger partial charge in [-0.25, -0.2) is 12.8 Å². The molecule has 2 aromatic rings. The molecule has 1 unspecified atom stereocenters. The summed E-state index contributed by atoms with van der Waals surface area (Å²) in [6.07, 6.45) is 1.39. The molecule has 0 radical (unpaired) electrons. The standard InChI is InChI=1S/C20H25FN2O3S/c1-5-19(20(24)22-13-16-7-6-8-17(21)12-16)23(27(4,25)26)18-10-9-14(2)15(3)11-18/h6-12,19H,5,13H2,1-4H3,(H,22,24). The first-order chi connectivity index (χ1) is 12.6. The summed E-state index contributed by atoms with van der Waals surface area (Å²) in [6.45, 7) is 5.71. The van der Waals surface area contributed by atoms with Crippen LogP contribution in [0.15, 0.2) is 42.5 Å². The van der Waals surface area contributed by atoms with Gasteiger partial charge in [-0.2, -0.15) is 0 Å². The second kappa shape index (κ2) is 8.52. The third-order valence-electron chi connectivity index (χ3n) is 4.43. The second-order valence-electron chi connectivity index (χ2n) is 6.60. The third kappa shape index (κ3) is 5.29. The Kier molecular flexibility index (Phi) is 6.59. The van der Waals surface area contributed by atoms with E-state index in [2.05, 4.69) is 5.32 Å². The summed E-state index contributed by atoms with van der Waals surface area (Å²) in [5.41, 5.74) is 3.04. The van der Waals surface area contributed by atoms with Crippen LogP contribution in [0.4, 0.5) is 10.1 Å². The van der Waals surface area contributed by atoms with Gasteiger partial charge in [0.15, 0.2) is 0 Å². The maximum atomic E-state index is 13.3. The van der Waals surface area contributed by atoms with Gasteiger partial charge in [-0.05, 0) is 61.2 Å². The van der Waals surface area contributed by atoms with Crippen molar-refractivity contribution in [3.05, 3.63) is 65.0 Å². The molecular weight excluding hydrogens is 367 g/mol. The van der Waals surface area contributed by atoms with Crippen LogP contribution in [0.2, 0.25) is 0 Å². The Morgan fingerprint density at radius 3 is 2.41 bits per heavy atom. The highest BCUT2D eigenvalue weighted by Gasteiger charge is 2.31. The van der Waals surface area contributed by atoms with Gasteiger partial charge in [-0.15, -0.1) is 0 Å². The zero-order chi connectivity index (χ0) is 20.2. The van der Waals surface area contributed by atoms with Crippen LogP contribution in [0.25, 0.3) is 0 Å². The minimum atomic E-state index is -3.68. The van der Waals surface area contributed by atoms with Gasteiger partial charge in [0.2, 0.25) is 15.9 Å². The normalized spacial score (nSPS) is 12.5. The van der Waals surface area contributed by atoms with Crippen LogP contribution in [0.1, 0.15) is 30.0 Å². The topological polar surface area (TPSA) is 66.5 Å². The maximum absolute atomic E-state index is 13.3. The number of hydrogen-bond donors (Lipinski definition) is 1. The number of rotatable bonds is 7. The molecular formula is C20H25FN2O3S. The van der Waals surface area contributed by atoms with Crippen molar-refractivity contribution in [3.63, 3.8) is 0 Å². The van der Waals surface area contributed by atoms with E-state index in [1.54, 1.807) is 31.2 Å². The lowest BCUT2D eigenvalue weighted by Gasteiger charge is -2.30. The molecule has 2 rings (SSSR count). The minimum absolute atomic E-state index is 0.123. The van der Waals surface area contributed by atoms with Gasteiger partial charge in [0.05, 0.1) is 11.9 Å². The highest BCUT2D eigenvalue weighted by molar-refractivity contribution is 7.92. The van der Waals surface area contributed by atoms with E-state index in [9.17, 15) is 17.6 Å². The number of amides is 1. The van der Waals surface area contributed by atoms with Gasteiger partial charge in [0.25, 0.3) is 0 Å². The molecule has 0 saturated heterocycles. The molecule has 27 heavy (non-hydrogen) atoms. The molecule has 0 saturated carbocycles. The van der Waals surface area contributed by atoms with Gasteiger partial charge >= 0.3 is 0 Å². The zero-order valence-corrected chi connectivity index (χ0v) is 16.8. The molecule has 0 fully saturated rings. The van der Waals surface area contributed by atoms with Crippen molar-refractivity contribution < 1.29 is 17.6 Å². The van der Waals surface area contributed by atoms with Crippen molar-refractivity contribution in [2.45, 2.75) is 39.8 Å². The van der Waals surface area contributed by atoms with Crippen LogP contribution >= 0.6 is 0 Å². The molecule has 0 aromatic heterocycles. The predicted octanol–water partition coefficient (Wildman–Crippen LogP) is 3.30. The Labute approximate surface area is 160 Å². The van der Waals surface area contributed by atoms with E-state index >= 15 is 0 Å². The molecule has 0 aliphatic heterocycles. The first kappa shape index (κ1) is 20.9. The number of hydrogen-bond acceptors (Lipinski definition) is 3. The Morgan fingerprint density at radius 1 is 1.15 bits per heavy atom. The summed E-state index contributed by atoms with van der Waals surface area (Å²) in [6, 6.07) is 10.3. The Morgan fingerprint density at radius 2 is 1.85 bits per heavy atom. The maximum Gasteiger partial charge on any atom is 0.244 e. The van der Waals surface area contributed by atoms with E-state index < -0.39 is 22.0 Å². The average Bonchev–Trinajstić information content (AvgIpc) is 2.59. The lowest BCUT2D eigenvalue weighted by atomic mass is 10.1. The van der Waals surface area contributed by atoms with E-state index in [0.29, 0.717) is 17.7 Å². The number of carbonyl (C=O) groups is 1. The van der Waals surface area contributed by atoms with Crippen LogP contribution < -0.4 is 9.62 Å².